The van der Waals surface area contributed by atoms with Gasteiger partial charge in [-0.2, -0.15) is 0 Å². The van der Waals surface area contributed by atoms with E-state index < -0.39 is 0 Å². The van der Waals surface area contributed by atoms with Crippen molar-refractivity contribution in [1.29, 1.82) is 0 Å². The molecule has 0 radical (unpaired) electrons. The predicted molar refractivity (Wildman–Crippen MR) is 84.9 cm³/mol. The van der Waals surface area contributed by atoms with Gasteiger partial charge in [-0.05, 0) is 30.5 Å². The largest absolute Gasteiger partial charge is 0.354 e. The highest BCUT2D eigenvalue weighted by atomic mass is 79.9. The molecule has 1 aliphatic rings. The Morgan fingerprint density at radius 2 is 2.10 bits per heavy atom. The summed E-state index contributed by atoms with van der Waals surface area (Å²) in [7, 11) is 0. The quantitative estimate of drug-likeness (QED) is 0.903. The van der Waals surface area contributed by atoms with Gasteiger partial charge in [-0.3, -0.25) is 4.79 Å². The van der Waals surface area contributed by atoms with Crippen molar-refractivity contribution in [3.8, 4) is 0 Å². The smallest absolute Gasteiger partial charge is 0.240 e. The van der Waals surface area contributed by atoms with Gasteiger partial charge in [0.05, 0.1) is 6.33 Å². The highest BCUT2D eigenvalue weighted by molar-refractivity contribution is 9.10. The predicted octanol–water partition coefficient (Wildman–Crippen LogP) is 2.88. The summed E-state index contributed by atoms with van der Waals surface area (Å²) < 4.78 is 2.87. The Bertz CT molecular complexity index is 603. The van der Waals surface area contributed by atoms with Crippen LogP contribution >= 0.6 is 15.9 Å². The Hall–Kier alpha value is -1.62. The molecular formula is C16H18BrN3O. The van der Waals surface area contributed by atoms with Gasteiger partial charge in [0.25, 0.3) is 0 Å². The molecule has 0 spiro atoms. The van der Waals surface area contributed by atoms with E-state index in [1.807, 2.05) is 0 Å². The molecule has 0 unspecified atom stereocenters. The summed E-state index contributed by atoms with van der Waals surface area (Å²) in [6.45, 7) is 1.04. The van der Waals surface area contributed by atoms with Crippen LogP contribution in [-0.2, 0) is 16.8 Å². The van der Waals surface area contributed by atoms with E-state index in [1.165, 1.54) is 12.0 Å². The number of hydrogen-bond donors (Lipinski definition) is 1. The lowest BCUT2D eigenvalue weighted by Crippen LogP contribution is -2.46. The average molecular weight is 348 g/mol. The first-order valence-corrected chi connectivity index (χ1v) is 7.96. The molecule has 4 nitrogen and oxygen atoms in total. The summed E-state index contributed by atoms with van der Waals surface area (Å²) >= 11 is 3.47. The minimum Gasteiger partial charge on any atom is -0.354 e. The summed E-state index contributed by atoms with van der Waals surface area (Å²) in [5.41, 5.74) is 1.44. The molecule has 0 aliphatic heterocycles. The van der Waals surface area contributed by atoms with Crippen molar-refractivity contribution in [3.05, 3.63) is 53.0 Å². The Labute approximate surface area is 132 Å². The van der Waals surface area contributed by atoms with Crippen LogP contribution in [0.3, 0.4) is 0 Å². The van der Waals surface area contributed by atoms with E-state index in [-0.39, 0.29) is 11.3 Å². The molecule has 1 heterocycles. The third kappa shape index (κ3) is 3.18. The fourth-order valence-corrected chi connectivity index (χ4v) is 3.11. The van der Waals surface area contributed by atoms with Crippen LogP contribution in [0.15, 0.2) is 47.5 Å². The highest BCUT2D eigenvalue weighted by Gasteiger charge is 2.38. The molecule has 110 valence electrons. The molecule has 5 heteroatoms. The zero-order chi connectivity index (χ0) is 14.7. The molecule has 1 saturated carbocycles. The van der Waals surface area contributed by atoms with Gasteiger partial charge in [-0.15, -0.1) is 0 Å². The molecule has 1 fully saturated rings. The van der Waals surface area contributed by atoms with Crippen LogP contribution in [0.2, 0.25) is 0 Å². The number of benzene rings is 1. The summed E-state index contributed by atoms with van der Waals surface area (Å²) in [5, 5.41) is 3.08. The van der Waals surface area contributed by atoms with Crippen molar-refractivity contribution in [1.82, 2.24) is 14.9 Å². The second kappa shape index (κ2) is 6.02. The second-order valence-electron chi connectivity index (χ2n) is 5.65. The van der Waals surface area contributed by atoms with E-state index in [0.29, 0.717) is 13.1 Å². The van der Waals surface area contributed by atoms with Crippen molar-refractivity contribution in [2.45, 2.75) is 31.2 Å². The molecule has 2 aromatic rings. The molecule has 0 bridgehead atoms. The lowest BCUT2D eigenvalue weighted by atomic mass is 9.64. The number of amides is 1. The summed E-state index contributed by atoms with van der Waals surface area (Å²) in [4.78, 5) is 16.0. The van der Waals surface area contributed by atoms with Gasteiger partial charge < -0.3 is 9.88 Å². The number of aromatic nitrogens is 2. The maximum Gasteiger partial charge on any atom is 0.240 e. The lowest BCUT2D eigenvalue weighted by molar-refractivity contribution is -0.122. The molecule has 21 heavy (non-hydrogen) atoms. The molecule has 1 aromatic heterocycles. The fourth-order valence-electron chi connectivity index (χ4n) is 2.84. The van der Waals surface area contributed by atoms with E-state index in [2.05, 4.69) is 50.5 Å². The topological polar surface area (TPSA) is 46.9 Å². The maximum atomic E-state index is 12.0. The number of nitrogens with one attached hydrogen (secondary N) is 1. The zero-order valence-electron chi connectivity index (χ0n) is 11.8. The minimum absolute atomic E-state index is 0.0383. The van der Waals surface area contributed by atoms with Gasteiger partial charge in [0, 0.05) is 28.8 Å². The summed E-state index contributed by atoms with van der Waals surface area (Å²) in [6, 6.07) is 8.46. The summed E-state index contributed by atoms with van der Waals surface area (Å²) in [6.07, 6.45) is 8.65. The van der Waals surface area contributed by atoms with Crippen molar-refractivity contribution < 1.29 is 4.79 Å². The van der Waals surface area contributed by atoms with Crippen LogP contribution < -0.4 is 5.32 Å². The van der Waals surface area contributed by atoms with Crippen LogP contribution in [-0.4, -0.2) is 22.0 Å². The molecule has 1 amide bonds. The fraction of sp³-hybridized carbons (Fsp3) is 0.375. The molecule has 1 aromatic carbocycles. The molecule has 0 atom stereocenters. The van der Waals surface area contributed by atoms with Crippen molar-refractivity contribution >= 4 is 21.8 Å². The average Bonchev–Trinajstić information content (AvgIpc) is 2.92. The van der Waals surface area contributed by atoms with Crippen LogP contribution in [0.1, 0.15) is 24.8 Å². The first-order chi connectivity index (χ1) is 10.2. The standard InChI is InChI=1S/C16H18BrN3O/c17-14-4-2-13(3-5-14)16(6-1-7-16)11-19-15(21)10-20-9-8-18-12-20/h2-5,8-9,12H,1,6-7,10-11H2,(H,19,21). The first kappa shape index (κ1) is 14.3. The third-order valence-electron chi connectivity index (χ3n) is 4.28. The van der Waals surface area contributed by atoms with E-state index in [0.717, 1.165) is 17.3 Å². The van der Waals surface area contributed by atoms with Gasteiger partial charge in [-0.25, -0.2) is 4.98 Å². The Morgan fingerprint density at radius 1 is 1.33 bits per heavy atom. The SMILES string of the molecule is O=C(Cn1ccnc1)NCC1(c2ccc(Br)cc2)CCC1. The highest BCUT2D eigenvalue weighted by Crippen LogP contribution is 2.43. The van der Waals surface area contributed by atoms with Gasteiger partial charge in [-0.1, -0.05) is 34.5 Å². The number of imidazole rings is 1. The molecule has 3 rings (SSSR count). The van der Waals surface area contributed by atoms with Crippen LogP contribution in [0.5, 0.6) is 0 Å². The number of halogens is 1. The van der Waals surface area contributed by atoms with Crippen molar-refractivity contribution in [2.75, 3.05) is 6.54 Å². The number of carbonyl (C=O) groups is 1. The van der Waals surface area contributed by atoms with Gasteiger partial charge in [0.1, 0.15) is 6.54 Å². The molecule has 1 N–H and O–H groups in total. The van der Waals surface area contributed by atoms with Gasteiger partial charge >= 0.3 is 0 Å². The molecule has 1 aliphatic carbocycles. The summed E-state index contributed by atoms with van der Waals surface area (Å²) in [5.74, 6) is 0.0383. The first-order valence-electron chi connectivity index (χ1n) is 7.16. The Morgan fingerprint density at radius 3 is 2.67 bits per heavy atom. The molecular weight excluding hydrogens is 330 g/mol. The molecule has 0 saturated heterocycles. The van der Waals surface area contributed by atoms with Crippen molar-refractivity contribution in [3.63, 3.8) is 0 Å². The van der Waals surface area contributed by atoms with Gasteiger partial charge in [0.15, 0.2) is 0 Å². The lowest BCUT2D eigenvalue weighted by Gasteiger charge is -2.42. The Kier molecular flexibility index (Phi) is 4.10. The third-order valence-corrected chi connectivity index (χ3v) is 4.81. The number of rotatable bonds is 5. The van der Waals surface area contributed by atoms with Gasteiger partial charge in [0.2, 0.25) is 5.91 Å². The van der Waals surface area contributed by atoms with E-state index >= 15 is 0 Å². The number of hydrogen-bond acceptors (Lipinski definition) is 2. The second-order valence-corrected chi connectivity index (χ2v) is 6.57. The van der Waals surface area contributed by atoms with E-state index in [9.17, 15) is 4.79 Å². The minimum atomic E-state index is 0.0383. The van der Waals surface area contributed by atoms with Crippen LogP contribution in [0.4, 0.5) is 0 Å². The normalized spacial score (nSPS) is 16.2. The van der Waals surface area contributed by atoms with E-state index in [1.54, 1.807) is 23.3 Å². The zero-order valence-corrected chi connectivity index (χ0v) is 13.3. The monoisotopic (exact) mass is 347 g/mol. The van der Waals surface area contributed by atoms with Crippen molar-refractivity contribution in [2.24, 2.45) is 0 Å². The maximum absolute atomic E-state index is 12.0. The number of carbonyl (C=O) groups excluding carboxylic acids is 1. The number of nitrogens with zero attached hydrogens (tertiary/aromatic N) is 2. The van der Waals surface area contributed by atoms with E-state index in [4.69, 9.17) is 0 Å². The van der Waals surface area contributed by atoms with Crippen LogP contribution in [0, 0.1) is 0 Å². The Balaban J connectivity index is 1.62. The van der Waals surface area contributed by atoms with Crippen LogP contribution in [0.25, 0.3) is 0 Å².